The van der Waals surface area contributed by atoms with Gasteiger partial charge in [0.25, 0.3) is 0 Å². The van der Waals surface area contributed by atoms with Crippen molar-refractivity contribution in [2.75, 3.05) is 31.1 Å². The van der Waals surface area contributed by atoms with Crippen LogP contribution in [0.3, 0.4) is 0 Å². The number of carbonyl (C=O) groups is 2. The quantitative estimate of drug-likeness (QED) is 0.763. The van der Waals surface area contributed by atoms with Crippen molar-refractivity contribution in [2.24, 2.45) is 0 Å². The molecule has 0 aliphatic carbocycles. The zero-order valence-corrected chi connectivity index (χ0v) is 18.0. The van der Waals surface area contributed by atoms with Crippen LogP contribution in [0.15, 0.2) is 18.2 Å². The van der Waals surface area contributed by atoms with Gasteiger partial charge >= 0.3 is 0 Å². The molecule has 6 heteroatoms. The van der Waals surface area contributed by atoms with Crippen LogP contribution in [0.2, 0.25) is 5.02 Å². The second-order valence-corrected chi connectivity index (χ2v) is 8.11. The second kappa shape index (κ2) is 8.10. The molecule has 1 fully saturated rings. The highest BCUT2D eigenvalue weighted by Gasteiger charge is 2.29. The number of H-pyrrole nitrogens is 1. The lowest BCUT2D eigenvalue weighted by Gasteiger charge is -2.39. The summed E-state index contributed by atoms with van der Waals surface area (Å²) >= 11 is 6.17. The minimum atomic E-state index is -0.237. The summed E-state index contributed by atoms with van der Waals surface area (Å²) < 4.78 is 0. The number of rotatable bonds is 5. The smallest absolute Gasteiger partial charge is 0.196 e. The van der Waals surface area contributed by atoms with Gasteiger partial charge in [0, 0.05) is 48.1 Å². The van der Waals surface area contributed by atoms with Crippen LogP contribution < -0.4 is 4.90 Å². The summed E-state index contributed by atoms with van der Waals surface area (Å²) in [6.45, 7) is 12.6. The van der Waals surface area contributed by atoms with Crippen molar-refractivity contribution in [3.8, 4) is 0 Å². The third kappa shape index (κ3) is 3.87. The van der Waals surface area contributed by atoms with E-state index in [4.69, 9.17) is 11.6 Å². The summed E-state index contributed by atoms with van der Waals surface area (Å²) in [5.74, 6) is 0.0314. The largest absolute Gasteiger partial charge is 0.369 e. The number of carbonyl (C=O) groups excluding carboxylic acids is 2. The number of aromatic nitrogens is 1. The summed E-state index contributed by atoms with van der Waals surface area (Å²) in [5, 5.41) is 0.741. The molecule has 1 aromatic carbocycles. The van der Waals surface area contributed by atoms with Crippen molar-refractivity contribution in [1.29, 1.82) is 0 Å². The molecule has 0 amide bonds. The molecular weight excluding hydrogens is 374 g/mol. The maximum Gasteiger partial charge on any atom is 0.196 e. The Morgan fingerprint density at radius 3 is 2.32 bits per heavy atom. The monoisotopic (exact) mass is 401 g/mol. The van der Waals surface area contributed by atoms with Crippen LogP contribution in [0, 0.1) is 20.8 Å². The summed E-state index contributed by atoms with van der Waals surface area (Å²) in [7, 11) is 0. The van der Waals surface area contributed by atoms with Gasteiger partial charge in [-0.15, -0.1) is 0 Å². The number of piperazine rings is 1. The van der Waals surface area contributed by atoms with Gasteiger partial charge in [0.2, 0.25) is 0 Å². The molecule has 1 saturated heterocycles. The zero-order chi connectivity index (χ0) is 20.6. The highest BCUT2D eigenvalue weighted by atomic mass is 35.5. The number of nitrogens with zero attached hydrogens (tertiary/aromatic N) is 2. The van der Waals surface area contributed by atoms with Crippen molar-refractivity contribution >= 4 is 28.9 Å². The fourth-order valence-electron chi connectivity index (χ4n) is 4.17. The summed E-state index contributed by atoms with van der Waals surface area (Å²) in [4.78, 5) is 32.6. The molecule has 150 valence electrons. The first-order valence-corrected chi connectivity index (χ1v) is 10.1. The Labute approximate surface area is 171 Å². The molecule has 2 aromatic rings. The number of aromatic amines is 1. The summed E-state index contributed by atoms with van der Waals surface area (Å²) in [6, 6.07) is 5.72. The third-order valence-corrected chi connectivity index (χ3v) is 6.02. The molecule has 2 heterocycles. The van der Waals surface area contributed by atoms with Crippen molar-refractivity contribution in [3.05, 3.63) is 51.3 Å². The third-order valence-electron chi connectivity index (χ3n) is 5.79. The Morgan fingerprint density at radius 1 is 1.11 bits per heavy atom. The van der Waals surface area contributed by atoms with E-state index in [0.717, 1.165) is 48.1 Å². The number of anilines is 1. The Hall–Kier alpha value is -2.11. The highest BCUT2D eigenvalue weighted by molar-refractivity contribution is 6.30. The van der Waals surface area contributed by atoms with Crippen molar-refractivity contribution in [3.63, 3.8) is 0 Å². The fourth-order valence-corrected chi connectivity index (χ4v) is 4.34. The standard InChI is InChI=1S/C22H28ClN3O2/c1-13-6-7-18(23)12-19(13)26-10-8-25(9-11-26)16(4)22(28)21-14(2)20(17(5)27)15(3)24-21/h6-7,12,16,24H,8-11H2,1-5H3/t16-/m1/s1. The molecular formula is C22H28ClN3O2. The molecule has 3 rings (SSSR count). The average Bonchev–Trinajstić information content (AvgIpc) is 2.97. The molecule has 1 aliphatic rings. The Morgan fingerprint density at radius 2 is 1.75 bits per heavy atom. The van der Waals surface area contributed by atoms with Gasteiger partial charge in [-0.25, -0.2) is 0 Å². The lowest BCUT2D eigenvalue weighted by Crippen LogP contribution is -2.52. The van der Waals surface area contributed by atoms with Crippen LogP contribution in [0.1, 0.15) is 51.5 Å². The Kier molecular flexibility index (Phi) is 5.96. The Bertz CT molecular complexity index is 911. The molecule has 0 unspecified atom stereocenters. The van der Waals surface area contributed by atoms with Gasteiger partial charge in [-0.1, -0.05) is 17.7 Å². The van der Waals surface area contributed by atoms with E-state index < -0.39 is 0 Å². The van der Waals surface area contributed by atoms with E-state index in [1.54, 1.807) is 0 Å². The van der Waals surface area contributed by atoms with E-state index in [9.17, 15) is 9.59 Å². The van der Waals surface area contributed by atoms with E-state index in [0.29, 0.717) is 11.3 Å². The number of benzene rings is 1. The predicted octanol–water partition coefficient (Wildman–Crippen LogP) is 4.19. The molecule has 5 nitrogen and oxygen atoms in total. The van der Waals surface area contributed by atoms with Gasteiger partial charge < -0.3 is 9.88 Å². The van der Waals surface area contributed by atoms with Gasteiger partial charge in [0.05, 0.1) is 11.7 Å². The van der Waals surface area contributed by atoms with Crippen LogP contribution in [-0.2, 0) is 0 Å². The first-order valence-electron chi connectivity index (χ1n) is 9.70. The number of aryl methyl sites for hydroxylation is 2. The van der Waals surface area contributed by atoms with E-state index in [2.05, 4.69) is 21.7 Å². The molecule has 0 bridgehead atoms. The van der Waals surface area contributed by atoms with Gasteiger partial charge in [-0.05, 0) is 57.9 Å². The van der Waals surface area contributed by atoms with Crippen LogP contribution in [-0.4, -0.2) is 53.7 Å². The minimum Gasteiger partial charge on any atom is -0.369 e. The molecule has 0 radical (unpaired) electrons. The molecule has 1 N–H and O–H groups in total. The van der Waals surface area contributed by atoms with E-state index in [1.807, 2.05) is 39.0 Å². The van der Waals surface area contributed by atoms with Crippen molar-refractivity contribution < 1.29 is 9.59 Å². The first kappa shape index (κ1) is 20.6. The van der Waals surface area contributed by atoms with Crippen LogP contribution in [0.4, 0.5) is 5.69 Å². The predicted molar refractivity (Wildman–Crippen MR) is 114 cm³/mol. The topological polar surface area (TPSA) is 56.4 Å². The summed E-state index contributed by atoms with van der Waals surface area (Å²) in [5.41, 5.74) is 5.08. The highest BCUT2D eigenvalue weighted by Crippen LogP contribution is 2.26. The normalized spacial score (nSPS) is 16.3. The van der Waals surface area contributed by atoms with Gasteiger partial charge in [0.15, 0.2) is 11.6 Å². The molecule has 1 aliphatic heterocycles. The Balaban J connectivity index is 1.71. The molecule has 0 saturated carbocycles. The number of halogens is 1. The van der Waals surface area contributed by atoms with Crippen molar-refractivity contribution in [1.82, 2.24) is 9.88 Å². The van der Waals surface area contributed by atoms with Crippen LogP contribution in [0.25, 0.3) is 0 Å². The van der Waals surface area contributed by atoms with Crippen molar-refractivity contribution in [2.45, 2.75) is 40.7 Å². The van der Waals surface area contributed by atoms with E-state index >= 15 is 0 Å². The number of hydrogen-bond acceptors (Lipinski definition) is 4. The average molecular weight is 402 g/mol. The number of hydrogen-bond donors (Lipinski definition) is 1. The second-order valence-electron chi connectivity index (χ2n) is 7.68. The first-order chi connectivity index (χ1) is 13.2. The van der Waals surface area contributed by atoms with Gasteiger partial charge in [0.1, 0.15) is 0 Å². The van der Waals surface area contributed by atoms with E-state index in [-0.39, 0.29) is 17.6 Å². The number of ketones is 2. The zero-order valence-electron chi connectivity index (χ0n) is 17.2. The maximum atomic E-state index is 13.1. The molecule has 28 heavy (non-hydrogen) atoms. The number of Topliss-reactive ketones (excluding diaryl/α,β-unsaturated/α-hetero) is 2. The van der Waals surface area contributed by atoms with Crippen LogP contribution in [0.5, 0.6) is 0 Å². The molecule has 1 atom stereocenters. The lowest BCUT2D eigenvalue weighted by atomic mass is 10.0. The lowest BCUT2D eigenvalue weighted by molar-refractivity contribution is 0.0824. The summed E-state index contributed by atoms with van der Waals surface area (Å²) in [6.07, 6.45) is 0. The van der Waals surface area contributed by atoms with Gasteiger partial charge in [-0.2, -0.15) is 0 Å². The minimum absolute atomic E-state index is 0.0107. The van der Waals surface area contributed by atoms with Crippen LogP contribution >= 0.6 is 11.6 Å². The maximum absolute atomic E-state index is 13.1. The van der Waals surface area contributed by atoms with E-state index in [1.165, 1.54) is 12.5 Å². The molecule has 1 aromatic heterocycles. The molecule has 0 spiro atoms. The van der Waals surface area contributed by atoms with Gasteiger partial charge in [-0.3, -0.25) is 14.5 Å². The fraction of sp³-hybridized carbons (Fsp3) is 0.455. The number of nitrogens with one attached hydrogen (secondary N) is 1. The SMILES string of the molecule is CC(=O)c1c(C)[nH]c(C(=O)[C@@H](C)N2CCN(c3cc(Cl)ccc3C)CC2)c1C.